The van der Waals surface area contributed by atoms with E-state index < -0.39 is 51.5 Å². The average Bonchev–Trinajstić information content (AvgIpc) is 2.77. The number of fused-ring (bicyclic) bond motifs is 3. The predicted octanol–water partition coefficient (Wildman–Crippen LogP) is 2.53. The molecule has 3 aliphatic rings. The van der Waals surface area contributed by atoms with Gasteiger partial charge in [0, 0.05) is 35.1 Å². The first-order chi connectivity index (χ1) is 16.4. The second kappa shape index (κ2) is 7.40. The van der Waals surface area contributed by atoms with E-state index in [-0.39, 0.29) is 36.1 Å². The van der Waals surface area contributed by atoms with E-state index in [0.717, 1.165) is 0 Å². The third kappa shape index (κ3) is 3.05. The highest BCUT2D eigenvalue weighted by molar-refractivity contribution is 6.29. The lowest BCUT2D eigenvalue weighted by atomic mass is 9.53. The van der Waals surface area contributed by atoms with Crippen LogP contribution in [0.3, 0.4) is 0 Å². The van der Waals surface area contributed by atoms with Crippen molar-refractivity contribution in [1.29, 1.82) is 0 Å². The normalized spacial score (nSPS) is 27.9. The largest absolute Gasteiger partial charge is 0.508 e. The second-order valence-electron chi connectivity index (χ2n) is 9.53. The topological polar surface area (TPSA) is 171 Å². The van der Waals surface area contributed by atoms with Crippen LogP contribution in [-0.4, -0.2) is 48.5 Å². The Bertz CT molecular complexity index is 1410. The molecule has 3 aliphatic carbocycles. The molecule has 6 N–H and O–H groups in total. The van der Waals surface area contributed by atoms with Gasteiger partial charge in [-0.05, 0) is 42.2 Å². The van der Waals surface area contributed by atoms with Gasteiger partial charge < -0.3 is 26.2 Å². The van der Waals surface area contributed by atoms with Gasteiger partial charge in [-0.15, -0.1) is 0 Å². The van der Waals surface area contributed by atoms with Crippen LogP contribution in [-0.2, 0) is 20.8 Å². The maximum Gasteiger partial charge on any atom is 0.255 e. The lowest BCUT2D eigenvalue weighted by molar-refractivity contribution is -0.150. The molecule has 5 rings (SSSR count). The van der Waals surface area contributed by atoms with Crippen molar-refractivity contribution in [3.05, 3.63) is 63.6 Å². The van der Waals surface area contributed by atoms with Crippen molar-refractivity contribution < 1.29 is 34.8 Å². The van der Waals surface area contributed by atoms with Gasteiger partial charge in [0.25, 0.3) is 5.91 Å². The Morgan fingerprint density at radius 3 is 2.51 bits per heavy atom. The van der Waals surface area contributed by atoms with E-state index in [1.54, 1.807) is 31.3 Å². The number of carbonyl (C=O) groups excluding carboxylic acids is 3. The molecule has 1 aromatic heterocycles. The molecule has 1 heterocycles. The highest BCUT2D eigenvalue weighted by Crippen LogP contribution is 2.58. The molecule has 2 aromatic rings. The van der Waals surface area contributed by atoms with E-state index in [0.29, 0.717) is 21.8 Å². The first-order valence-corrected chi connectivity index (χ1v) is 11.2. The number of pyridine rings is 1. The Labute approximate surface area is 204 Å². The fourth-order valence-electron chi connectivity index (χ4n) is 5.83. The number of carbonyl (C=O) groups is 3. The summed E-state index contributed by atoms with van der Waals surface area (Å²) >= 11 is 5.91. The van der Waals surface area contributed by atoms with Crippen LogP contribution in [0.4, 0.5) is 0 Å². The minimum Gasteiger partial charge on any atom is -0.508 e. The summed E-state index contributed by atoms with van der Waals surface area (Å²) in [5.41, 5.74) is 2.43. The van der Waals surface area contributed by atoms with Gasteiger partial charge in [0.1, 0.15) is 28.0 Å². The number of hydrogen-bond acceptors (Lipinski definition) is 8. The fraction of sp³-hybridized carbons (Fsp3) is 0.280. The van der Waals surface area contributed by atoms with E-state index in [2.05, 4.69) is 4.98 Å². The van der Waals surface area contributed by atoms with Crippen LogP contribution in [0, 0.1) is 11.3 Å². The van der Waals surface area contributed by atoms with Gasteiger partial charge in [-0.3, -0.25) is 14.4 Å². The number of phenols is 1. The van der Waals surface area contributed by atoms with Crippen molar-refractivity contribution in [2.45, 2.75) is 31.8 Å². The number of halogens is 1. The highest BCUT2D eigenvalue weighted by atomic mass is 35.5. The molecule has 1 saturated carbocycles. The molecule has 1 aromatic carbocycles. The molecule has 0 bridgehead atoms. The van der Waals surface area contributed by atoms with E-state index in [9.17, 15) is 34.8 Å². The molecule has 0 unspecified atom stereocenters. The minimum atomic E-state index is -2.61. The molecule has 0 radical (unpaired) electrons. The summed E-state index contributed by atoms with van der Waals surface area (Å²) < 4.78 is 0. The predicted molar refractivity (Wildman–Crippen MR) is 124 cm³/mol. The maximum absolute atomic E-state index is 13.7. The lowest BCUT2D eigenvalue weighted by Gasteiger charge is -2.50. The van der Waals surface area contributed by atoms with Crippen molar-refractivity contribution >= 4 is 34.8 Å². The molecule has 9 nitrogen and oxygen atoms in total. The van der Waals surface area contributed by atoms with Crippen LogP contribution in [0.1, 0.15) is 30.9 Å². The molecule has 35 heavy (non-hydrogen) atoms. The Kier molecular flexibility index (Phi) is 4.88. The van der Waals surface area contributed by atoms with Gasteiger partial charge in [-0.25, -0.2) is 4.98 Å². The molecular formula is C25H21ClN2O7. The van der Waals surface area contributed by atoms with Crippen LogP contribution in [0.5, 0.6) is 5.75 Å². The SMILES string of the molecule is C[C@@]12Cc3c(-c4ccc(Cl)nc4)ccc(O)c3C(O)=C1C(=O)[C@]1(O)C(O)=C(C(N)=O)C(=O)C[C@@H]1C2. The molecule has 0 aliphatic heterocycles. The summed E-state index contributed by atoms with van der Waals surface area (Å²) in [5, 5.41) is 44.3. The van der Waals surface area contributed by atoms with Crippen LogP contribution in [0.2, 0.25) is 5.15 Å². The van der Waals surface area contributed by atoms with Crippen molar-refractivity contribution in [3.63, 3.8) is 0 Å². The number of nitrogens with zero attached hydrogens (tertiary/aromatic N) is 1. The number of aliphatic hydroxyl groups is 3. The van der Waals surface area contributed by atoms with Gasteiger partial charge in [0.15, 0.2) is 11.4 Å². The van der Waals surface area contributed by atoms with Gasteiger partial charge >= 0.3 is 0 Å². The number of primary amides is 1. The van der Waals surface area contributed by atoms with E-state index in [1.807, 2.05) is 0 Å². The van der Waals surface area contributed by atoms with Crippen LogP contribution >= 0.6 is 11.6 Å². The summed E-state index contributed by atoms with van der Waals surface area (Å²) in [6.07, 6.45) is 1.37. The molecule has 0 spiro atoms. The van der Waals surface area contributed by atoms with Gasteiger partial charge in [0.05, 0.1) is 5.56 Å². The van der Waals surface area contributed by atoms with E-state index in [1.165, 1.54) is 6.07 Å². The van der Waals surface area contributed by atoms with Gasteiger partial charge in [-0.1, -0.05) is 24.6 Å². The van der Waals surface area contributed by atoms with Crippen LogP contribution in [0.15, 0.2) is 47.4 Å². The minimum absolute atomic E-state index is 0.0193. The second-order valence-corrected chi connectivity index (χ2v) is 9.92. The average molecular weight is 497 g/mol. The number of Topliss-reactive ketones (excluding diaryl/α,β-unsaturated/α-hetero) is 2. The number of nitrogens with two attached hydrogens (primary N) is 1. The number of rotatable bonds is 2. The number of hydrogen-bond donors (Lipinski definition) is 5. The summed E-state index contributed by atoms with van der Waals surface area (Å²) in [6, 6.07) is 6.37. The third-order valence-electron chi connectivity index (χ3n) is 7.39. The first kappa shape index (κ1) is 23.1. The van der Waals surface area contributed by atoms with Crippen molar-refractivity contribution in [3.8, 4) is 16.9 Å². The lowest BCUT2D eigenvalue weighted by Crippen LogP contribution is -2.60. The van der Waals surface area contributed by atoms with Gasteiger partial charge in [0.2, 0.25) is 5.78 Å². The molecule has 0 saturated heterocycles. The van der Waals surface area contributed by atoms with Crippen molar-refractivity contribution in [1.82, 2.24) is 4.98 Å². The van der Waals surface area contributed by atoms with Gasteiger partial charge in [-0.2, -0.15) is 0 Å². The number of aromatic nitrogens is 1. The Balaban J connectivity index is 1.75. The summed E-state index contributed by atoms with van der Waals surface area (Å²) in [4.78, 5) is 42.1. The maximum atomic E-state index is 13.7. The third-order valence-corrected chi connectivity index (χ3v) is 7.61. The van der Waals surface area contributed by atoms with Crippen LogP contribution < -0.4 is 5.73 Å². The van der Waals surface area contributed by atoms with E-state index in [4.69, 9.17) is 17.3 Å². The molecule has 1 amide bonds. The zero-order valence-electron chi connectivity index (χ0n) is 18.5. The van der Waals surface area contributed by atoms with Crippen LogP contribution in [0.25, 0.3) is 16.9 Å². The molecule has 3 atom stereocenters. The quantitative estimate of drug-likeness (QED) is 0.311. The smallest absolute Gasteiger partial charge is 0.255 e. The molecule has 180 valence electrons. The standard InChI is InChI=1S/C25H21ClN2O7/c1-24-7-11-6-15(30)18(23(27)34)21(32)25(11,35)22(33)19(24)20(31)17-13(8-24)12(3-4-14(17)29)10-2-5-16(26)28-9-10/h2-5,9,11,29,31-32,35H,6-8H2,1H3,(H2,27,34)/t11-,24-,25-/m1/s1. The first-order valence-electron chi connectivity index (χ1n) is 10.8. The number of ketones is 2. The molecule has 1 fully saturated rings. The van der Waals surface area contributed by atoms with Crippen molar-refractivity contribution in [2.75, 3.05) is 0 Å². The summed E-state index contributed by atoms with van der Waals surface area (Å²) in [7, 11) is 0. The molecular weight excluding hydrogens is 476 g/mol. The Morgan fingerprint density at radius 2 is 1.89 bits per heavy atom. The molecule has 10 heteroatoms. The number of benzene rings is 1. The monoisotopic (exact) mass is 496 g/mol. The summed E-state index contributed by atoms with van der Waals surface area (Å²) in [5.74, 6) is -6.04. The number of aromatic hydroxyl groups is 1. The zero-order valence-corrected chi connectivity index (χ0v) is 19.3. The number of amides is 1. The van der Waals surface area contributed by atoms with E-state index >= 15 is 0 Å². The zero-order chi connectivity index (χ0) is 25.4. The highest BCUT2D eigenvalue weighted by Gasteiger charge is 2.63. The van der Waals surface area contributed by atoms with Crippen molar-refractivity contribution in [2.24, 2.45) is 17.1 Å². The Hall–Kier alpha value is -3.69. The summed E-state index contributed by atoms with van der Waals surface area (Å²) in [6.45, 7) is 1.71. The fourth-order valence-corrected chi connectivity index (χ4v) is 5.94. The Morgan fingerprint density at radius 1 is 1.17 bits per heavy atom. The number of phenolic OH excluding ortho intramolecular Hbond substituents is 1. The number of aliphatic hydroxyl groups excluding tert-OH is 2.